The Morgan fingerprint density at radius 1 is 1.11 bits per heavy atom. The van der Waals surface area contributed by atoms with Gasteiger partial charge in [0.05, 0.1) is 18.8 Å². The van der Waals surface area contributed by atoms with E-state index in [1.807, 2.05) is 68.4 Å². The predicted octanol–water partition coefficient (Wildman–Crippen LogP) is 2.34. The highest BCUT2D eigenvalue weighted by molar-refractivity contribution is 7.88. The third kappa shape index (κ3) is 7.40. The van der Waals surface area contributed by atoms with E-state index in [9.17, 15) is 13.2 Å². The van der Waals surface area contributed by atoms with Crippen LogP contribution < -0.4 is 10.1 Å². The molecule has 0 fully saturated rings. The van der Waals surface area contributed by atoms with Gasteiger partial charge in [0.1, 0.15) is 12.4 Å². The molecule has 0 heterocycles. The van der Waals surface area contributed by atoms with Gasteiger partial charge in [-0.1, -0.05) is 48.0 Å². The Kier molecular flexibility index (Phi) is 7.38. The van der Waals surface area contributed by atoms with Gasteiger partial charge in [-0.05, 0) is 31.5 Å². The summed E-state index contributed by atoms with van der Waals surface area (Å²) in [5.41, 5.74) is 1.97. The van der Waals surface area contributed by atoms with Crippen LogP contribution in [-0.2, 0) is 21.4 Å². The van der Waals surface area contributed by atoms with E-state index in [1.54, 1.807) is 0 Å². The van der Waals surface area contributed by atoms with E-state index in [4.69, 9.17) is 4.74 Å². The molecule has 1 atom stereocenters. The lowest BCUT2D eigenvalue weighted by Gasteiger charge is -2.21. The summed E-state index contributed by atoms with van der Waals surface area (Å²) in [6.45, 7) is 4.03. The van der Waals surface area contributed by atoms with E-state index in [1.165, 1.54) is 0 Å². The van der Waals surface area contributed by atoms with E-state index in [0.29, 0.717) is 6.61 Å². The average molecular weight is 391 g/mol. The lowest BCUT2D eigenvalue weighted by Crippen LogP contribution is -2.44. The maximum absolute atomic E-state index is 12.3. The number of rotatable bonds is 9. The van der Waals surface area contributed by atoms with Gasteiger partial charge in [0, 0.05) is 6.54 Å². The summed E-state index contributed by atoms with van der Waals surface area (Å²) in [6.07, 6.45) is 1.10. The maximum atomic E-state index is 12.3. The molecule has 2 aromatic carbocycles. The molecular formula is C20H26N2O4S. The number of nitrogens with zero attached hydrogens (tertiary/aromatic N) is 1. The molecule has 0 aliphatic heterocycles. The summed E-state index contributed by atoms with van der Waals surface area (Å²) in [4.78, 5) is 12.3. The smallest absolute Gasteiger partial charge is 0.235 e. The van der Waals surface area contributed by atoms with Crippen molar-refractivity contribution in [3.05, 3.63) is 65.7 Å². The quantitative estimate of drug-likeness (QED) is 0.713. The van der Waals surface area contributed by atoms with Gasteiger partial charge in [0.2, 0.25) is 15.9 Å². The molecule has 0 aliphatic carbocycles. The molecule has 6 nitrogen and oxygen atoms in total. The number of carbonyl (C=O) groups is 1. The largest absolute Gasteiger partial charge is 0.491 e. The molecule has 0 saturated carbocycles. The molecule has 0 aliphatic rings. The Balaban J connectivity index is 1.87. The van der Waals surface area contributed by atoms with Gasteiger partial charge in [-0.25, -0.2) is 8.42 Å². The Morgan fingerprint density at radius 2 is 1.74 bits per heavy atom. The minimum Gasteiger partial charge on any atom is -0.491 e. The van der Waals surface area contributed by atoms with Gasteiger partial charge in [0.25, 0.3) is 0 Å². The van der Waals surface area contributed by atoms with Crippen molar-refractivity contribution in [3.8, 4) is 5.75 Å². The normalized spacial score (nSPS) is 12.6. The van der Waals surface area contributed by atoms with Gasteiger partial charge in [-0.15, -0.1) is 0 Å². The molecule has 0 bridgehead atoms. The third-order valence-corrected chi connectivity index (χ3v) is 5.12. The highest BCUT2D eigenvalue weighted by atomic mass is 32.2. The summed E-state index contributed by atoms with van der Waals surface area (Å²) >= 11 is 0. The lowest BCUT2D eigenvalue weighted by molar-refractivity contribution is -0.122. The first-order valence-corrected chi connectivity index (χ1v) is 10.6. The number of hydrogen-bond acceptors (Lipinski definition) is 4. The molecular weight excluding hydrogens is 364 g/mol. The molecule has 146 valence electrons. The highest BCUT2D eigenvalue weighted by Crippen LogP contribution is 2.12. The molecule has 1 N–H and O–H groups in total. The molecule has 0 radical (unpaired) electrons. The molecule has 1 unspecified atom stereocenters. The number of aryl methyl sites for hydroxylation is 1. The molecule has 2 aromatic rings. The fourth-order valence-corrected chi connectivity index (χ4v) is 3.19. The van der Waals surface area contributed by atoms with Gasteiger partial charge in [0.15, 0.2) is 0 Å². The van der Waals surface area contributed by atoms with Crippen LogP contribution >= 0.6 is 0 Å². The van der Waals surface area contributed by atoms with Crippen LogP contribution in [0.1, 0.15) is 18.1 Å². The van der Waals surface area contributed by atoms with Crippen LogP contribution in [0.25, 0.3) is 0 Å². The first-order valence-electron chi connectivity index (χ1n) is 8.72. The standard InChI is InChI=1S/C20H26N2O4S/c1-16-9-11-19(12-10-16)26-15-17(2)21-20(23)14-22(27(3,24)25)13-18-7-5-4-6-8-18/h4-12,17H,13-15H2,1-3H3,(H,21,23). The Bertz CT molecular complexity index is 836. The van der Waals surface area contributed by atoms with E-state index in [2.05, 4.69) is 5.32 Å². The SMILES string of the molecule is Cc1ccc(OCC(C)NC(=O)CN(Cc2ccccc2)S(C)(=O)=O)cc1. The van der Waals surface area contributed by atoms with Crippen LogP contribution in [0.2, 0.25) is 0 Å². The van der Waals surface area contributed by atoms with Crippen LogP contribution in [0.15, 0.2) is 54.6 Å². The summed E-state index contributed by atoms with van der Waals surface area (Å²) in [5.74, 6) is 0.361. The fraction of sp³-hybridized carbons (Fsp3) is 0.350. The zero-order valence-electron chi connectivity index (χ0n) is 15.9. The van der Waals surface area contributed by atoms with Crippen molar-refractivity contribution in [2.75, 3.05) is 19.4 Å². The summed E-state index contributed by atoms with van der Waals surface area (Å²) in [6, 6.07) is 16.6. The van der Waals surface area contributed by atoms with Gasteiger partial charge >= 0.3 is 0 Å². The van der Waals surface area contributed by atoms with Gasteiger partial charge in [-0.3, -0.25) is 4.79 Å². The minimum atomic E-state index is -3.51. The van der Waals surface area contributed by atoms with Crippen LogP contribution in [-0.4, -0.2) is 44.1 Å². The van der Waals surface area contributed by atoms with Crippen molar-refractivity contribution in [2.24, 2.45) is 0 Å². The fourth-order valence-electron chi connectivity index (χ4n) is 2.46. The van der Waals surface area contributed by atoms with Crippen LogP contribution in [0.5, 0.6) is 5.75 Å². The van der Waals surface area contributed by atoms with Gasteiger partial charge in [-0.2, -0.15) is 4.31 Å². The predicted molar refractivity (Wildman–Crippen MR) is 106 cm³/mol. The van der Waals surface area contributed by atoms with Crippen molar-refractivity contribution in [1.82, 2.24) is 9.62 Å². The van der Waals surface area contributed by atoms with Crippen LogP contribution in [0.4, 0.5) is 0 Å². The number of benzene rings is 2. The molecule has 0 aromatic heterocycles. The molecule has 2 rings (SSSR count). The summed E-state index contributed by atoms with van der Waals surface area (Å²) in [5, 5.41) is 2.78. The number of carbonyl (C=O) groups excluding carboxylic acids is 1. The molecule has 7 heteroatoms. The second kappa shape index (κ2) is 9.53. The second-order valence-corrected chi connectivity index (χ2v) is 8.59. The average Bonchev–Trinajstić information content (AvgIpc) is 2.61. The van der Waals surface area contributed by atoms with E-state index >= 15 is 0 Å². The monoisotopic (exact) mass is 390 g/mol. The molecule has 1 amide bonds. The summed E-state index contributed by atoms with van der Waals surface area (Å²) < 4.78 is 30.8. The third-order valence-electron chi connectivity index (χ3n) is 3.92. The van der Waals surface area contributed by atoms with Crippen molar-refractivity contribution in [2.45, 2.75) is 26.4 Å². The van der Waals surface area contributed by atoms with E-state index in [0.717, 1.165) is 27.4 Å². The van der Waals surface area contributed by atoms with Crippen LogP contribution in [0.3, 0.4) is 0 Å². The Morgan fingerprint density at radius 3 is 2.33 bits per heavy atom. The Hall–Kier alpha value is -2.38. The van der Waals surface area contributed by atoms with Crippen molar-refractivity contribution in [3.63, 3.8) is 0 Å². The topological polar surface area (TPSA) is 75.7 Å². The lowest BCUT2D eigenvalue weighted by atomic mass is 10.2. The van der Waals surface area contributed by atoms with Crippen molar-refractivity contribution in [1.29, 1.82) is 0 Å². The zero-order chi connectivity index (χ0) is 19.9. The Labute approximate surface area is 161 Å². The van der Waals surface area contributed by atoms with Crippen LogP contribution in [0, 0.1) is 6.92 Å². The van der Waals surface area contributed by atoms with Crippen molar-refractivity contribution < 1.29 is 17.9 Å². The number of sulfonamides is 1. The van der Waals surface area contributed by atoms with E-state index < -0.39 is 10.0 Å². The molecule has 0 saturated heterocycles. The number of ether oxygens (including phenoxy) is 1. The summed E-state index contributed by atoms with van der Waals surface area (Å²) in [7, 11) is -3.51. The number of nitrogens with one attached hydrogen (secondary N) is 1. The number of hydrogen-bond donors (Lipinski definition) is 1. The maximum Gasteiger partial charge on any atom is 0.235 e. The highest BCUT2D eigenvalue weighted by Gasteiger charge is 2.21. The van der Waals surface area contributed by atoms with E-state index in [-0.39, 0.29) is 25.0 Å². The van der Waals surface area contributed by atoms with Gasteiger partial charge < -0.3 is 10.1 Å². The second-order valence-electron chi connectivity index (χ2n) is 6.61. The molecule has 0 spiro atoms. The van der Waals surface area contributed by atoms with Crippen molar-refractivity contribution >= 4 is 15.9 Å². The first kappa shape index (κ1) is 20.9. The zero-order valence-corrected chi connectivity index (χ0v) is 16.7. The number of amides is 1. The molecule has 27 heavy (non-hydrogen) atoms. The minimum absolute atomic E-state index is 0.154. The first-order chi connectivity index (χ1) is 12.7.